The number of fused-ring (bicyclic) bond motifs is 1. The van der Waals surface area contributed by atoms with Crippen molar-refractivity contribution in [3.05, 3.63) is 93.9 Å². The molecule has 0 aliphatic rings. The summed E-state index contributed by atoms with van der Waals surface area (Å²) in [6.07, 6.45) is 9.34. The van der Waals surface area contributed by atoms with Gasteiger partial charge in [0.15, 0.2) is 5.43 Å². The van der Waals surface area contributed by atoms with Crippen LogP contribution in [-0.2, 0) is 19.6 Å². The predicted molar refractivity (Wildman–Crippen MR) is 117 cm³/mol. The van der Waals surface area contributed by atoms with Crippen LogP contribution >= 0.6 is 0 Å². The number of pyridine rings is 1. The van der Waals surface area contributed by atoms with Gasteiger partial charge in [0, 0.05) is 50.3 Å². The van der Waals surface area contributed by atoms with Gasteiger partial charge >= 0.3 is 0 Å². The zero-order chi connectivity index (χ0) is 21.8. The Morgan fingerprint density at radius 3 is 2.81 bits per heavy atom. The molecule has 0 amide bonds. The number of hydrogen-bond donors (Lipinski definition) is 0. The van der Waals surface area contributed by atoms with Crippen molar-refractivity contribution in [1.29, 1.82) is 0 Å². The summed E-state index contributed by atoms with van der Waals surface area (Å²) in [4.78, 5) is 23.0. The molecule has 3 heterocycles. The fourth-order valence-corrected chi connectivity index (χ4v) is 3.74. The monoisotopic (exact) mass is 420 g/mol. The Morgan fingerprint density at radius 1 is 1.16 bits per heavy atom. The summed E-state index contributed by atoms with van der Waals surface area (Å²) in [5, 5.41) is 0.592. The second kappa shape index (κ2) is 9.22. The van der Waals surface area contributed by atoms with Gasteiger partial charge in [-0.1, -0.05) is 6.07 Å². The molecular formula is C24H25FN4O2. The maximum atomic E-state index is 13.6. The third-order valence-electron chi connectivity index (χ3n) is 5.57. The second-order valence-electron chi connectivity index (χ2n) is 7.83. The van der Waals surface area contributed by atoms with Gasteiger partial charge in [-0.3, -0.25) is 9.69 Å². The average molecular weight is 420 g/mol. The van der Waals surface area contributed by atoms with Crippen LogP contribution in [0.4, 0.5) is 4.39 Å². The van der Waals surface area contributed by atoms with E-state index >= 15 is 0 Å². The maximum absolute atomic E-state index is 13.6. The average Bonchev–Trinajstić information content (AvgIpc) is 3.26. The van der Waals surface area contributed by atoms with E-state index in [1.165, 1.54) is 12.3 Å². The molecule has 1 aromatic carbocycles. The van der Waals surface area contributed by atoms with Crippen molar-refractivity contribution in [1.82, 2.24) is 19.4 Å². The van der Waals surface area contributed by atoms with Crippen LogP contribution in [0.1, 0.15) is 28.7 Å². The summed E-state index contributed by atoms with van der Waals surface area (Å²) >= 11 is 0. The second-order valence-corrected chi connectivity index (χ2v) is 7.83. The molecule has 7 heteroatoms. The zero-order valence-electron chi connectivity index (χ0n) is 17.7. The Labute approximate surface area is 180 Å². The molecule has 0 aliphatic carbocycles. The van der Waals surface area contributed by atoms with E-state index in [4.69, 9.17) is 4.42 Å². The van der Waals surface area contributed by atoms with Crippen molar-refractivity contribution in [3.8, 4) is 0 Å². The first kappa shape index (κ1) is 20.9. The van der Waals surface area contributed by atoms with E-state index < -0.39 is 5.95 Å². The van der Waals surface area contributed by atoms with E-state index in [-0.39, 0.29) is 5.43 Å². The van der Waals surface area contributed by atoms with Crippen molar-refractivity contribution in [2.45, 2.75) is 39.9 Å². The van der Waals surface area contributed by atoms with Gasteiger partial charge in [-0.2, -0.15) is 4.39 Å². The number of hydrogen-bond acceptors (Lipinski definition) is 5. The topological polar surface area (TPSA) is 64.2 Å². The SMILES string of the molecule is Cc1ccc2c(=O)c(CN(CCCn3ccnc3)Cc3ccnc(F)c3)coc2c1C. The van der Waals surface area contributed by atoms with E-state index in [0.29, 0.717) is 29.6 Å². The number of rotatable bonds is 8. The minimum Gasteiger partial charge on any atom is -0.463 e. The summed E-state index contributed by atoms with van der Waals surface area (Å²) in [6, 6.07) is 6.99. The maximum Gasteiger partial charge on any atom is 0.213 e. The number of benzene rings is 1. The molecule has 0 saturated carbocycles. The van der Waals surface area contributed by atoms with E-state index in [9.17, 15) is 9.18 Å². The van der Waals surface area contributed by atoms with Crippen LogP contribution in [0, 0.1) is 19.8 Å². The molecule has 0 fully saturated rings. The lowest BCUT2D eigenvalue weighted by molar-refractivity contribution is 0.245. The standard InChI is InChI=1S/C24H25FN4O2/c1-17-4-5-21-23(30)20(15-31-24(21)18(17)2)14-29(10-3-9-28-11-8-26-16-28)13-19-6-7-27-22(25)12-19/h4-8,11-12,15-16H,3,9-10,13-14H2,1-2H3. The Morgan fingerprint density at radius 2 is 2.03 bits per heavy atom. The molecule has 3 aromatic heterocycles. The number of halogens is 1. The highest BCUT2D eigenvalue weighted by molar-refractivity contribution is 5.81. The molecule has 0 atom stereocenters. The fourth-order valence-electron chi connectivity index (χ4n) is 3.74. The minimum absolute atomic E-state index is 0.0233. The quantitative estimate of drug-likeness (QED) is 0.399. The molecule has 31 heavy (non-hydrogen) atoms. The highest BCUT2D eigenvalue weighted by Crippen LogP contribution is 2.20. The van der Waals surface area contributed by atoms with Crippen LogP contribution in [0.15, 0.2) is 64.7 Å². The lowest BCUT2D eigenvalue weighted by Crippen LogP contribution is -2.27. The Balaban J connectivity index is 1.57. The van der Waals surface area contributed by atoms with E-state index in [2.05, 4.69) is 14.9 Å². The van der Waals surface area contributed by atoms with Gasteiger partial charge < -0.3 is 8.98 Å². The van der Waals surface area contributed by atoms with E-state index in [0.717, 1.165) is 36.2 Å². The lowest BCUT2D eigenvalue weighted by Gasteiger charge is -2.22. The fraction of sp³-hybridized carbons (Fsp3) is 0.292. The molecule has 0 N–H and O–H groups in total. The molecule has 0 unspecified atom stereocenters. The van der Waals surface area contributed by atoms with Crippen LogP contribution in [-0.4, -0.2) is 26.0 Å². The summed E-state index contributed by atoms with van der Waals surface area (Å²) in [7, 11) is 0. The Kier molecular flexibility index (Phi) is 6.23. The first-order valence-corrected chi connectivity index (χ1v) is 10.3. The van der Waals surface area contributed by atoms with Crippen LogP contribution < -0.4 is 5.43 Å². The molecule has 6 nitrogen and oxygen atoms in total. The summed E-state index contributed by atoms with van der Waals surface area (Å²) < 4.78 is 21.5. The molecule has 4 aromatic rings. The van der Waals surface area contributed by atoms with Crippen molar-refractivity contribution >= 4 is 11.0 Å². The first-order valence-electron chi connectivity index (χ1n) is 10.3. The molecule has 4 rings (SSSR count). The molecule has 0 radical (unpaired) electrons. The van der Waals surface area contributed by atoms with Gasteiger partial charge in [0.05, 0.1) is 18.0 Å². The lowest BCUT2D eigenvalue weighted by atomic mass is 10.0. The first-order chi connectivity index (χ1) is 15.0. The highest BCUT2D eigenvalue weighted by atomic mass is 19.1. The number of imidazole rings is 1. The minimum atomic E-state index is -0.507. The molecule has 160 valence electrons. The summed E-state index contributed by atoms with van der Waals surface area (Å²) in [6.45, 7) is 6.42. The van der Waals surface area contributed by atoms with Crippen molar-refractivity contribution in [3.63, 3.8) is 0 Å². The molecule has 0 aliphatic heterocycles. The smallest absolute Gasteiger partial charge is 0.213 e. The zero-order valence-corrected chi connectivity index (χ0v) is 17.7. The molecule has 0 bridgehead atoms. The van der Waals surface area contributed by atoms with Gasteiger partial charge in [0.2, 0.25) is 5.95 Å². The van der Waals surface area contributed by atoms with Crippen molar-refractivity contribution in [2.24, 2.45) is 0 Å². The Hall–Kier alpha value is -3.32. The number of aromatic nitrogens is 3. The van der Waals surface area contributed by atoms with Gasteiger partial charge in [-0.15, -0.1) is 0 Å². The summed E-state index contributed by atoms with van der Waals surface area (Å²) in [5.74, 6) is -0.507. The van der Waals surface area contributed by atoms with Crippen molar-refractivity contribution in [2.75, 3.05) is 6.54 Å². The largest absolute Gasteiger partial charge is 0.463 e. The third kappa shape index (κ3) is 4.88. The Bertz CT molecular complexity index is 1230. The van der Waals surface area contributed by atoms with Gasteiger partial charge in [0.1, 0.15) is 5.58 Å². The van der Waals surface area contributed by atoms with Crippen LogP contribution in [0.2, 0.25) is 0 Å². The van der Waals surface area contributed by atoms with E-state index in [1.807, 2.05) is 36.7 Å². The molecule has 0 saturated heterocycles. The van der Waals surface area contributed by atoms with Crippen LogP contribution in [0.3, 0.4) is 0 Å². The normalized spacial score (nSPS) is 11.5. The van der Waals surface area contributed by atoms with Gasteiger partial charge in [-0.25, -0.2) is 9.97 Å². The van der Waals surface area contributed by atoms with Crippen LogP contribution in [0.25, 0.3) is 11.0 Å². The molecule has 0 spiro atoms. The number of aryl methyl sites for hydroxylation is 3. The van der Waals surface area contributed by atoms with E-state index in [1.54, 1.807) is 24.9 Å². The van der Waals surface area contributed by atoms with Gasteiger partial charge in [0.25, 0.3) is 0 Å². The van der Waals surface area contributed by atoms with Crippen molar-refractivity contribution < 1.29 is 8.81 Å². The third-order valence-corrected chi connectivity index (χ3v) is 5.57. The van der Waals surface area contributed by atoms with Gasteiger partial charge in [-0.05, 0) is 55.2 Å². The summed E-state index contributed by atoms with van der Waals surface area (Å²) in [5.41, 5.74) is 4.08. The van der Waals surface area contributed by atoms with Crippen LogP contribution in [0.5, 0.6) is 0 Å². The highest BCUT2D eigenvalue weighted by Gasteiger charge is 2.14. The number of nitrogens with zero attached hydrogens (tertiary/aromatic N) is 4. The predicted octanol–water partition coefficient (Wildman–Crippen LogP) is 4.23. The molecular weight excluding hydrogens is 395 g/mol.